The third-order valence-electron chi connectivity index (χ3n) is 4.59. The SMILES string of the molecule is CCOP(=O)(OCC)Oc1c(C(=O)Nc2ccccc2)c(=O)n(C)c2ccc(OC)cc12. The normalized spacial score (nSPS) is 11.4. The highest BCUT2D eigenvalue weighted by molar-refractivity contribution is 7.49. The fourth-order valence-corrected chi connectivity index (χ4v) is 4.38. The zero-order valence-electron chi connectivity index (χ0n) is 18.3. The molecule has 32 heavy (non-hydrogen) atoms. The Kier molecular flexibility index (Phi) is 7.35. The van der Waals surface area contributed by atoms with Crippen molar-refractivity contribution in [3.05, 3.63) is 64.4 Å². The summed E-state index contributed by atoms with van der Waals surface area (Å²) in [5, 5.41) is 3.01. The Bertz CT molecular complexity index is 1210. The number of nitrogens with zero attached hydrogens (tertiary/aromatic N) is 1. The van der Waals surface area contributed by atoms with Crippen molar-refractivity contribution in [2.24, 2.45) is 7.05 Å². The first-order valence-electron chi connectivity index (χ1n) is 9.99. The second-order valence-corrected chi connectivity index (χ2v) is 8.24. The molecule has 3 rings (SSSR count). The van der Waals surface area contributed by atoms with E-state index >= 15 is 0 Å². The predicted molar refractivity (Wildman–Crippen MR) is 122 cm³/mol. The number of methoxy groups -OCH3 is 1. The Labute approximate surface area is 185 Å². The molecule has 0 bridgehead atoms. The molecule has 0 radical (unpaired) electrons. The number of hydrogen-bond donors (Lipinski definition) is 1. The van der Waals surface area contributed by atoms with Gasteiger partial charge in [-0.1, -0.05) is 18.2 Å². The first kappa shape index (κ1) is 23.5. The van der Waals surface area contributed by atoms with E-state index in [0.29, 0.717) is 22.3 Å². The molecular formula is C22H25N2O7P. The Balaban J connectivity index is 2.27. The van der Waals surface area contributed by atoms with Gasteiger partial charge in [0.1, 0.15) is 11.3 Å². The molecule has 0 saturated carbocycles. The Morgan fingerprint density at radius 3 is 2.31 bits per heavy atom. The highest BCUT2D eigenvalue weighted by Gasteiger charge is 2.33. The highest BCUT2D eigenvalue weighted by Crippen LogP contribution is 2.51. The Morgan fingerprint density at radius 2 is 1.72 bits per heavy atom. The van der Waals surface area contributed by atoms with Crippen molar-refractivity contribution in [1.82, 2.24) is 4.57 Å². The zero-order chi connectivity index (χ0) is 23.3. The first-order chi connectivity index (χ1) is 15.3. The van der Waals surface area contributed by atoms with E-state index < -0.39 is 19.3 Å². The number of carbonyl (C=O) groups excluding carboxylic acids is 1. The van der Waals surface area contributed by atoms with Crippen molar-refractivity contribution >= 4 is 30.3 Å². The third kappa shape index (κ3) is 4.85. The predicted octanol–water partition coefficient (Wildman–Crippen LogP) is 4.36. The first-order valence-corrected chi connectivity index (χ1v) is 11.5. The van der Waals surface area contributed by atoms with Crippen LogP contribution in [0.1, 0.15) is 24.2 Å². The number of amides is 1. The van der Waals surface area contributed by atoms with E-state index in [9.17, 15) is 14.2 Å². The molecule has 1 N–H and O–H groups in total. The summed E-state index contributed by atoms with van der Waals surface area (Å²) >= 11 is 0. The van der Waals surface area contributed by atoms with Crippen LogP contribution >= 0.6 is 7.82 Å². The number of benzene rings is 2. The van der Waals surface area contributed by atoms with Crippen molar-refractivity contribution in [3.8, 4) is 11.5 Å². The van der Waals surface area contributed by atoms with E-state index in [4.69, 9.17) is 18.3 Å². The van der Waals surface area contributed by atoms with Crippen LogP contribution in [0.5, 0.6) is 11.5 Å². The summed E-state index contributed by atoms with van der Waals surface area (Å²) in [7, 11) is -1.11. The van der Waals surface area contributed by atoms with Gasteiger partial charge in [-0.3, -0.25) is 18.6 Å². The second-order valence-electron chi connectivity index (χ2n) is 6.65. The summed E-state index contributed by atoms with van der Waals surface area (Å²) in [5.74, 6) is -0.477. The lowest BCUT2D eigenvalue weighted by molar-refractivity contribution is 0.102. The summed E-state index contributed by atoms with van der Waals surface area (Å²) in [6.07, 6.45) is 0. The summed E-state index contributed by atoms with van der Waals surface area (Å²) in [4.78, 5) is 26.4. The number of phosphoric acid groups is 1. The van der Waals surface area contributed by atoms with Crippen LogP contribution in [0.4, 0.5) is 5.69 Å². The molecule has 1 heterocycles. The number of hydrogen-bond acceptors (Lipinski definition) is 7. The average Bonchev–Trinajstić information content (AvgIpc) is 2.78. The quantitative estimate of drug-likeness (QED) is 0.473. The lowest BCUT2D eigenvalue weighted by atomic mass is 10.1. The number of aromatic nitrogens is 1. The van der Waals surface area contributed by atoms with Gasteiger partial charge < -0.3 is 19.1 Å². The molecule has 2 aromatic carbocycles. The van der Waals surface area contributed by atoms with E-state index in [1.165, 1.54) is 18.7 Å². The summed E-state index contributed by atoms with van der Waals surface area (Å²) in [6.45, 7) is 3.33. The van der Waals surface area contributed by atoms with Crippen LogP contribution in [0, 0.1) is 0 Å². The number of ether oxygens (including phenoxy) is 1. The van der Waals surface area contributed by atoms with Crippen LogP contribution in [0.2, 0.25) is 0 Å². The minimum absolute atomic E-state index is 0.0366. The molecule has 170 valence electrons. The number of rotatable bonds is 9. The van der Waals surface area contributed by atoms with Crippen LogP contribution in [-0.4, -0.2) is 30.8 Å². The molecule has 0 aliphatic heterocycles. The van der Waals surface area contributed by atoms with Crippen molar-refractivity contribution < 1.29 is 27.7 Å². The maximum absolute atomic E-state index is 13.2. The molecule has 0 fully saturated rings. The molecule has 3 aromatic rings. The molecule has 10 heteroatoms. The third-order valence-corrected chi connectivity index (χ3v) is 6.15. The smallest absolute Gasteiger partial charge is 0.497 e. The van der Waals surface area contributed by atoms with Crippen LogP contribution in [0.25, 0.3) is 10.9 Å². The average molecular weight is 460 g/mol. The van der Waals surface area contributed by atoms with Gasteiger partial charge in [-0.05, 0) is 44.2 Å². The van der Waals surface area contributed by atoms with E-state index in [0.717, 1.165) is 0 Å². The van der Waals surface area contributed by atoms with Gasteiger partial charge in [-0.2, -0.15) is 0 Å². The number of aryl methyl sites for hydroxylation is 1. The van der Waals surface area contributed by atoms with Gasteiger partial charge in [0.15, 0.2) is 5.75 Å². The molecule has 0 unspecified atom stereocenters. The number of anilines is 1. The molecule has 0 saturated heterocycles. The number of para-hydroxylation sites is 1. The summed E-state index contributed by atoms with van der Waals surface area (Å²) in [6, 6.07) is 13.5. The van der Waals surface area contributed by atoms with Crippen molar-refractivity contribution in [2.75, 3.05) is 25.6 Å². The molecule has 0 atom stereocenters. The van der Waals surface area contributed by atoms with E-state index in [1.54, 1.807) is 62.4 Å². The van der Waals surface area contributed by atoms with Crippen molar-refractivity contribution in [2.45, 2.75) is 13.8 Å². The monoisotopic (exact) mass is 460 g/mol. The number of phosphoric ester groups is 1. The topological polar surface area (TPSA) is 105 Å². The van der Waals surface area contributed by atoms with Crippen LogP contribution in [0.3, 0.4) is 0 Å². The second kappa shape index (κ2) is 9.99. The minimum Gasteiger partial charge on any atom is -0.497 e. The maximum Gasteiger partial charge on any atom is 0.530 e. The number of fused-ring (bicyclic) bond motifs is 1. The zero-order valence-corrected chi connectivity index (χ0v) is 19.2. The lowest BCUT2D eigenvalue weighted by Crippen LogP contribution is -2.29. The van der Waals surface area contributed by atoms with Crippen LogP contribution < -0.4 is 20.1 Å². The van der Waals surface area contributed by atoms with Gasteiger partial charge in [0.25, 0.3) is 11.5 Å². The fraction of sp³-hybridized carbons (Fsp3) is 0.273. The standard InChI is InChI=1S/C22H25N2O7P/c1-5-29-32(27,30-6-2)31-20-17-14-16(28-4)12-13-18(17)24(3)22(26)19(20)21(25)23-15-10-8-7-9-11-15/h7-14H,5-6H2,1-4H3,(H,23,25). The summed E-state index contributed by atoms with van der Waals surface area (Å²) in [5.41, 5.74) is -0.0435. The van der Waals surface area contributed by atoms with E-state index in [2.05, 4.69) is 5.32 Å². The number of nitrogens with one attached hydrogen (secondary N) is 1. The Hall–Kier alpha value is -3.13. The lowest BCUT2D eigenvalue weighted by Gasteiger charge is -2.21. The van der Waals surface area contributed by atoms with Gasteiger partial charge in [0.2, 0.25) is 0 Å². The van der Waals surface area contributed by atoms with Crippen LogP contribution in [-0.2, 0) is 20.7 Å². The molecule has 1 aromatic heterocycles. The molecule has 1 amide bonds. The fourth-order valence-electron chi connectivity index (χ4n) is 3.15. The van der Waals surface area contributed by atoms with Crippen molar-refractivity contribution in [1.29, 1.82) is 0 Å². The highest BCUT2D eigenvalue weighted by atomic mass is 31.2. The molecule has 0 spiro atoms. The molecule has 0 aliphatic carbocycles. The van der Waals surface area contributed by atoms with Gasteiger partial charge in [0, 0.05) is 18.1 Å². The van der Waals surface area contributed by atoms with Gasteiger partial charge >= 0.3 is 7.82 Å². The van der Waals surface area contributed by atoms with E-state index in [-0.39, 0.29) is 24.5 Å². The van der Waals surface area contributed by atoms with Gasteiger partial charge in [0.05, 0.1) is 25.8 Å². The molecule has 0 aliphatic rings. The van der Waals surface area contributed by atoms with Gasteiger partial charge in [-0.15, -0.1) is 0 Å². The summed E-state index contributed by atoms with van der Waals surface area (Å²) < 4.78 is 36.0. The Morgan fingerprint density at radius 1 is 1.06 bits per heavy atom. The minimum atomic E-state index is -4.12. The molecular weight excluding hydrogens is 435 g/mol. The van der Waals surface area contributed by atoms with Crippen molar-refractivity contribution in [3.63, 3.8) is 0 Å². The largest absolute Gasteiger partial charge is 0.530 e. The van der Waals surface area contributed by atoms with E-state index in [1.807, 2.05) is 0 Å². The number of carbonyl (C=O) groups is 1. The van der Waals surface area contributed by atoms with Crippen LogP contribution in [0.15, 0.2) is 53.3 Å². The molecule has 9 nitrogen and oxygen atoms in total. The number of pyridine rings is 1. The maximum atomic E-state index is 13.2. The van der Waals surface area contributed by atoms with Gasteiger partial charge in [-0.25, -0.2) is 4.57 Å².